The number of carbonyl (C=O) groups excluding carboxylic acids is 1. The van der Waals surface area contributed by atoms with E-state index in [0.29, 0.717) is 5.56 Å². The van der Waals surface area contributed by atoms with Gasteiger partial charge in [0.1, 0.15) is 5.60 Å². The molecule has 0 aliphatic heterocycles. The second-order valence-electron chi connectivity index (χ2n) is 5.25. The average Bonchev–Trinajstić information content (AvgIpc) is 2.34. The van der Waals surface area contributed by atoms with Gasteiger partial charge in [-0.15, -0.1) is 0 Å². The number of esters is 1. The van der Waals surface area contributed by atoms with Gasteiger partial charge in [0.25, 0.3) is 0 Å². The third-order valence-corrected chi connectivity index (χ3v) is 2.51. The Morgan fingerprint density at radius 3 is 2.37 bits per heavy atom. The Labute approximate surface area is 113 Å². The van der Waals surface area contributed by atoms with E-state index in [1.54, 1.807) is 24.3 Å². The van der Waals surface area contributed by atoms with E-state index in [1.807, 2.05) is 27.7 Å². The summed E-state index contributed by atoms with van der Waals surface area (Å²) < 4.78 is 5.28. The Bertz CT molecular complexity index is 482. The van der Waals surface area contributed by atoms with Gasteiger partial charge in [0.15, 0.2) is 0 Å². The van der Waals surface area contributed by atoms with Crippen molar-refractivity contribution in [3.63, 3.8) is 0 Å². The summed E-state index contributed by atoms with van der Waals surface area (Å²) >= 11 is 0. The maximum Gasteiger partial charge on any atom is 0.338 e. The Morgan fingerprint density at radius 1 is 1.37 bits per heavy atom. The molecule has 0 heterocycles. The van der Waals surface area contributed by atoms with Gasteiger partial charge in [-0.05, 0) is 50.4 Å². The lowest BCUT2D eigenvalue weighted by atomic mass is 10.0. The molecular weight excluding hydrogens is 242 g/mol. The van der Waals surface area contributed by atoms with E-state index in [-0.39, 0.29) is 12.0 Å². The second kappa shape index (κ2) is 6.25. The zero-order valence-corrected chi connectivity index (χ0v) is 11.8. The molecule has 0 unspecified atom stereocenters. The minimum absolute atomic E-state index is 0.197. The van der Waals surface area contributed by atoms with Gasteiger partial charge >= 0.3 is 5.97 Å². The molecule has 1 aromatic rings. The predicted molar refractivity (Wildman–Crippen MR) is 73.8 cm³/mol. The van der Waals surface area contributed by atoms with Crippen molar-refractivity contribution in [2.75, 3.05) is 0 Å². The van der Waals surface area contributed by atoms with Crippen LogP contribution in [0.3, 0.4) is 0 Å². The normalized spacial score (nSPS) is 12.4. The number of rotatable bonds is 4. The third-order valence-electron chi connectivity index (χ3n) is 2.51. The molecule has 0 amide bonds. The van der Waals surface area contributed by atoms with E-state index >= 15 is 0 Å². The van der Waals surface area contributed by atoms with Crippen LogP contribution in [0.2, 0.25) is 0 Å². The van der Waals surface area contributed by atoms with Gasteiger partial charge in [-0.25, -0.2) is 4.79 Å². The summed E-state index contributed by atoms with van der Waals surface area (Å²) in [5.74, 6) is -0.351. The first kappa shape index (κ1) is 15.1. The van der Waals surface area contributed by atoms with Gasteiger partial charge in [0.2, 0.25) is 0 Å². The number of hydrogen-bond acceptors (Lipinski definition) is 3. The summed E-state index contributed by atoms with van der Waals surface area (Å²) in [6.07, 6.45) is 0.718. The number of nitrogens with zero attached hydrogens (tertiary/aromatic N) is 3. The van der Waals surface area contributed by atoms with Gasteiger partial charge in [-0.1, -0.05) is 24.2 Å². The molecule has 19 heavy (non-hydrogen) atoms. The lowest BCUT2D eigenvalue weighted by Gasteiger charge is -2.19. The van der Waals surface area contributed by atoms with E-state index in [1.165, 1.54) is 0 Å². The van der Waals surface area contributed by atoms with Crippen LogP contribution in [0, 0.1) is 0 Å². The maximum atomic E-state index is 11.8. The quantitative estimate of drug-likeness (QED) is 0.348. The molecular formula is C14H19N3O2. The Hall–Kier alpha value is -2.00. The van der Waals surface area contributed by atoms with Crippen molar-refractivity contribution in [3.8, 4) is 0 Å². The van der Waals surface area contributed by atoms with Gasteiger partial charge in [0, 0.05) is 4.91 Å². The first-order valence-electron chi connectivity index (χ1n) is 6.25. The van der Waals surface area contributed by atoms with Crippen molar-refractivity contribution >= 4 is 5.97 Å². The van der Waals surface area contributed by atoms with Crippen LogP contribution in [0.25, 0.3) is 10.4 Å². The van der Waals surface area contributed by atoms with Crippen molar-refractivity contribution in [2.45, 2.75) is 45.8 Å². The Kier molecular flexibility index (Phi) is 4.95. The highest BCUT2D eigenvalue weighted by Gasteiger charge is 2.18. The summed E-state index contributed by atoms with van der Waals surface area (Å²) in [7, 11) is 0. The largest absolute Gasteiger partial charge is 0.456 e. The number of carbonyl (C=O) groups is 1. The second-order valence-corrected chi connectivity index (χ2v) is 5.25. The van der Waals surface area contributed by atoms with Gasteiger partial charge in [-0.2, -0.15) is 0 Å². The lowest BCUT2D eigenvalue weighted by Crippen LogP contribution is -2.23. The van der Waals surface area contributed by atoms with Crippen molar-refractivity contribution in [1.82, 2.24) is 0 Å². The fraction of sp³-hybridized carbons (Fsp3) is 0.500. The smallest absolute Gasteiger partial charge is 0.338 e. The Balaban J connectivity index is 2.87. The highest BCUT2D eigenvalue weighted by molar-refractivity contribution is 5.89. The number of benzene rings is 1. The molecule has 0 aromatic heterocycles. The van der Waals surface area contributed by atoms with Crippen LogP contribution in [0.1, 0.15) is 56.1 Å². The summed E-state index contributed by atoms with van der Waals surface area (Å²) in [6, 6.07) is 6.78. The van der Waals surface area contributed by atoms with E-state index in [4.69, 9.17) is 10.3 Å². The van der Waals surface area contributed by atoms with Crippen LogP contribution in [0.15, 0.2) is 29.4 Å². The number of hydrogen-bond donors (Lipinski definition) is 0. The zero-order valence-electron chi connectivity index (χ0n) is 11.8. The van der Waals surface area contributed by atoms with Crippen molar-refractivity contribution in [2.24, 2.45) is 5.11 Å². The molecule has 5 heteroatoms. The first-order valence-corrected chi connectivity index (χ1v) is 6.25. The van der Waals surface area contributed by atoms with E-state index in [2.05, 4.69) is 10.0 Å². The van der Waals surface area contributed by atoms with Crippen LogP contribution in [-0.2, 0) is 4.74 Å². The molecule has 0 N–H and O–H groups in total. The molecule has 0 bridgehead atoms. The van der Waals surface area contributed by atoms with Gasteiger partial charge in [-0.3, -0.25) is 0 Å². The van der Waals surface area contributed by atoms with E-state index in [0.717, 1.165) is 12.0 Å². The van der Waals surface area contributed by atoms with Crippen LogP contribution in [0.4, 0.5) is 0 Å². The maximum absolute atomic E-state index is 11.8. The average molecular weight is 261 g/mol. The molecule has 0 aliphatic carbocycles. The molecule has 0 spiro atoms. The SMILES string of the molecule is CC[C@@H](N=[N+]=[N-])c1ccc(C(=O)OC(C)(C)C)cc1. The molecule has 1 aromatic carbocycles. The molecule has 0 saturated carbocycles. The van der Waals surface area contributed by atoms with Crippen molar-refractivity contribution < 1.29 is 9.53 Å². The highest BCUT2D eigenvalue weighted by Crippen LogP contribution is 2.22. The Morgan fingerprint density at radius 2 is 1.95 bits per heavy atom. The van der Waals surface area contributed by atoms with E-state index < -0.39 is 5.60 Å². The van der Waals surface area contributed by atoms with Gasteiger partial charge in [0.05, 0.1) is 11.6 Å². The minimum Gasteiger partial charge on any atom is -0.456 e. The summed E-state index contributed by atoms with van der Waals surface area (Å²) in [6.45, 7) is 7.43. The molecule has 5 nitrogen and oxygen atoms in total. The fourth-order valence-corrected chi connectivity index (χ4v) is 1.62. The molecule has 1 rings (SSSR count). The zero-order chi connectivity index (χ0) is 14.5. The molecule has 0 saturated heterocycles. The van der Waals surface area contributed by atoms with Gasteiger partial charge < -0.3 is 4.74 Å². The topological polar surface area (TPSA) is 75.1 Å². The van der Waals surface area contributed by atoms with Crippen molar-refractivity contribution in [1.29, 1.82) is 0 Å². The standard InChI is InChI=1S/C14H19N3O2/c1-5-12(16-17-15)10-6-8-11(9-7-10)13(18)19-14(2,3)4/h6-9,12H,5H2,1-4H3/t12-/m1/s1. The minimum atomic E-state index is -0.507. The summed E-state index contributed by atoms with van der Waals surface area (Å²) in [5.41, 5.74) is 9.37. The third kappa shape index (κ3) is 4.64. The lowest BCUT2D eigenvalue weighted by molar-refractivity contribution is 0.00695. The van der Waals surface area contributed by atoms with Crippen LogP contribution >= 0.6 is 0 Å². The highest BCUT2D eigenvalue weighted by atomic mass is 16.6. The number of azide groups is 1. The summed E-state index contributed by atoms with van der Waals surface area (Å²) in [5, 5.41) is 3.71. The van der Waals surface area contributed by atoms with E-state index in [9.17, 15) is 4.79 Å². The molecule has 102 valence electrons. The molecule has 0 radical (unpaired) electrons. The molecule has 0 aliphatic rings. The molecule has 0 fully saturated rings. The summed E-state index contributed by atoms with van der Waals surface area (Å²) in [4.78, 5) is 14.7. The van der Waals surface area contributed by atoms with Crippen LogP contribution in [0.5, 0.6) is 0 Å². The first-order chi connectivity index (χ1) is 8.87. The number of ether oxygens (including phenoxy) is 1. The monoisotopic (exact) mass is 261 g/mol. The van der Waals surface area contributed by atoms with Crippen LogP contribution < -0.4 is 0 Å². The molecule has 1 atom stereocenters. The van der Waals surface area contributed by atoms with Crippen molar-refractivity contribution in [3.05, 3.63) is 45.8 Å². The predicted octanol–water partition coefficient (Wildman–Crippen LogP) is 4.40. The van der Waals surface area contributed by atoms with Crippen LogP contribution in [-0.4, -0.2) is 11.6 Å². The fourth-order valence-electron chi connectivity index (χ4n) is 1.62.